The van der Waals surface area contributed by atoms with Gasteiger partial charge in [-0.3, -0.25) is 0 Å². The van der Waals surface area contributed by atoms with Gasteiger partial charge >= 0.3 is 0 Å². The third-order valence-corrected chi connectivity index (χ3v) is 5.54. The first-order chi connectivity index (χ1) is 11.9. The predicted octanol–water partition coefficient (Wildman–Crippen LogP) is 4.09. The number of nitrogens with zero attached hydrogens (tertiary/aromatic N) is 1. The van der Waals surface area contributed by atoms with Crippen LogP contribution in [0.3, 0.4) is 0 Å². The molecule has 0 radical (unpaired) electrons. The summed E-state index contributed by atoms with van der Waals surface area (Å²) in [5, 5.41) is 0.525. The van der Waals surface area contributed by atoms with Crippen molar-refractivity contribution in [2.75, 3.05) is 0 Å². The van der Waals surface area contributed by atoms with E-state index < -0.39 is 10.0 Å². The molecule has 0 atom stereocenters. The van der Waals surface area contributed by atoms with Crippen LogP contribution in [0.5, 0.6) is 0 Å². The monoisotopic (exact) mass is 376 g/mol. The largest absolute Gasteiger partial charge is 0.446 e. The van der Waals surface area contributed by atoms with Gasteiger partial charge in [0.2, 0.25) is 10.0 Å². The van der Waals surface area contributed by atoms with Crippen molar-refractivity contribution in [3.63, 3.8) is 0 Å². The van der Waals surface area contributed by atoms with E-state index in [-0.39, 0.29) is 11.4 Å². The summed E-state index contributed by atoms with van der Waals surface area (Å²) in [7, 11) is -3.63. The van der Waals surface area contributed by atoms with Crippen LogP contribution in [0.15, 0.2) is 57.8 Å². The van der Waals surface area contributed by atoms with Gasteiger partial charge in [-0.15, -0.1) is 0 Å². The zero-order valence-electron chi connectivity index (χ0n) is 13.8. The molecule has 0 bridgehead atoms. The van der Waals surface area contributed by atoms with Crippen molar-refractivity contribution in [3.05, 3.63) is 70.8 Å². The molecule has 0 amide bonds. The smallest absolute Gasteiger partial charge is 0.240 e. The quantitative estimate of drug-likeness (QED) is 0.727. The molecule has 5 nitrogen and oxygen atoms in total. The Hall–Kier alpha value is -2.15. The van der Waals surface area contributed by atoms with Crippen LogP contribution in [0, 0.1) is 13.8 Å². The van der Waals surface area contributed by atoms with Crippen LogP contribution in [0.1, 0.15) is 17.2 Å². The normalized spacial score (nSPS) is 11.6. The molecule has 1 aromatic heterocycles. The second kappa shape index (κ2) is 7.00. The van der Waals surface area contributed by atoms with E-state index in [0.717, 1.165) is 11.1 Å². The third-order valence-electron chi connectivity index (χ3n) is 3.75. The van der Waals surface area contributed by atoms with E-state index in [1.165, 1.54) is 0 Å². The highest BCUT2D eigenvalue weighted by atomic mass is 35.5. The number of halogens is 1. The van der Waals surface area contributed by atoms with E-state index in [9.17, 15) is 8.42 Å². The van der Waals surface area contributed by atoms with E-state index in [1.807, 2.05) is 13.0 Å². The van der Waals surface area contributed by atoms with Gasteiger partial charge < -0.3 is 4.42 Å². The molecule has 0 saturated heterocycles. The summed E-state index contributed by atoms with van der Waals surface area (Å²) in [6.07, 6.45) is 0. The summed E-state index contributed by atoms with van der Waals surface area (Å²) in [6.45, 7) is 3.73. The Labute approximate surface area is 151 Å². The summed E-state index contributed by atoms with van der Waals surface area (Å²) >= 11 is 6.05. The first-order valence-corrected chi connectivity index (χ1v) is 9.50. The summed E-state index contributed by atoms with van der Waals surface area (Å²) in [5.74, 6) is 1.27. The number of hydrogen-bond donors (Lipinski definition) is 1. The first-order valence-electron chi connectivity index (χ1n) is 7.64. The molecule has 0 saturated carbocycles. The highest BCUT2D eigenvalue weighted by molar-refractivity contribution is 7.89. The SMILES string of the molecule is Cc1nc(-c2ccc(S(=O)(=O)NCc3ccccc3Cl)cc2)c(C)o1. The summed E-state index contributed by atoms with van der Waals surface area (Å²) < 4.78 is 32.9. The van der Waals surface area contributed by atoms with Gasteiger partial charge in [0.15, 0.2) is 5.89 Å². The number of nitrogens with one attached hydrogen (secondary N) is 1. The lowest BCUT2D eigenvalue weighted by Crippen LogP contribution is -2.23. The lowest BCUT2D eigenvalue weighted by Gasteiger charge is -2.08. The molecule has 0 aliphatic carbocycles. The van der Waals surface area contributed by atoms with E-state index in [0.29, 0.717) is 22.4 Å². The fraction of sp³-hybridized carbons (Fsp3) is 0.167. The summed E-state index contributed by atoms with van der Waals surface area (Å²) in [6, 6.07) is 13.6. The maximum absolute atomic E-state index is 12.4. The van der Waals surface area contributed by atoms with Gasteiger partial charge in [-0.05, 0) is 30.7 Å². The molecule has 25 heavy (non-hydrogen) atoms. The van der Waals surface area contributed by atoms with Crippen LogP contribution in [-0.4, -0.2) is 13.4 Å². The van der Waals surface area contributed by atoms with Crippen molar-refractivity contribution in [1.29, 1.82) is 0 Å². The Morgan fingerprint density at radius 3 is 2.36 bits per heavy atom. The fourth-order valence-corrected chi connectivity index (χ4v) is 3.70. The van der Waals surface area contributed by atoms with Gasteiger partial charge in [-0.2, -0.15) is 0 Å². The van der Waals surface area contributed by atoms with Crippen molar-refractivity contribution in [3.8, 4) is 11.3 Å². The van der Waals surface area contributed by atoms with Crippen LogP contribution in [-0.2, 0) is 16.6 Å². The molecular formula is C18H17ClN2O3S. The van der Waals surface area contributed by atoms with Crippen LogP contribution in [0.25, 0.3) is 11.3 Å². The van der Waals surface area contributed by atoms with E-state index >= 15 is 0 Å². The molecule has 0 aliphatic rings. The van der Waals surface area contributed by atoms with Crippen LogP contribution in [0.4, 0.5) is 0 Å². The number of sulfonamides is 1. The number of hydrogen-bond acceptors (Lipinski definition) is 4. The minimum Gasteiger partial charge on any atom is -0.446 e. The van der Waals surface area contributed by atoms with Gasteiger partial charge in [0.05, 0.1) is 4.90 Å². The van der Waals surface area contributed by atoms with Crippen molar-refractivity contribution in [2.24, 2.45) is 0 Å². The molecule has 1 heterocycles. The Morgan fingerprint density at radius 1 is 1.08 bits per heavy atom. The lowest BCUT2D eigenvalue weighted by atomic mass is 10.1. The Morgan fingerprint density at radius 2 is 1.76 bits per heavy atom. The van der Waals surface area contributed by atoms with Crippen molar-refractivity contribution in [1.82, 2.24) is 9.71 Å². The minimum atomic E-state index is -3.63. The number of aromatic nitrogens is 1. The lowest BCUT2D eigenvalue weighted by molar-refractivity contribution is 0.495. The predicted molar refractivity (Wildman–Crippen MR) is 96.9 cm³/mol. The van der Waals surface area contributed by atoms with Crippen molar-refractivity contribution < 1.29 is 12.8 Å². The average Bonchev–Trinajstić information content (AvgIpc) is 2.93. The Kier molecular flexibility index (Phi) is 4.94. The molecule has 0 spiro atoms. The fourth-order valence-electron chi connectivity index (χ4n) is 2.49. The number of benzene rings is 2. The Balaban J connectivity index is 1.79. The van der Waals surface area contributed by atoms with Gasteiger partial charge in [0, 0.05) is 24.1 Å². The molecule has 0 aliphatic heterocycles. The molecule has 0 fully saturated rings. The highest BCUT2D eigenvalue weighted by Crippen LogP contribution is 2.24. The molecule has 3 aromatic rings. The Bertz CT molecular complexity index is 995. The van der Waals surface area contributed by atoms with Crippen molar-refractivity contribution >= 4 is 21.6 Å². The zero-order chi connectivity index (χ0) is 18.0. The molecule has 7 heteroatoms. The third kappa shape index (κ3) is 3.92. The number of oxazole rings is 1. The van der Waals surface area contributed by atoms with Gasteiger partial charge in [-0.25, -0.2) is 18.1 Å². The average molecular weight is 377 g/mol. The maximum atomic E-state index is 12.4. The van der Waals surface area contributed by atoms with Crippen LogP contribution < -0.4 is 4.72 Å². The second-order valence-electron chi connectivity index (χ2n) is 5.58. The number of rotatable bonds is 5. The van der Waals surface area contributed by atoms with Crippen LogP contribution in [0.2, 0.25) is 5.02 Å². The molecule has 1 N–H and O–H groups in total. The van der Waals surface area contributed by atoms with Gasteiger partial charge in [0.1, 0.15) is 11.5 Å². The molecule has 3 rings (SSSR count). The van der Waals surface area contributed by atoms with Gasteiger partial charge in [-0.1, -0.05) is 41.9 Å². The highest BCUT2D eigenvalue weighted by Gasteiger charge is 2.16. The van der Waals surface area contributed by atoms with Crippen molar-refractivity contribution in [2.45, 2.75) is 25.3 Å². The van der Waals surface area contributed by atoms with E-state index in [1.54, 1.807) is 49.4 Å². The topological polar surface area (TPSA) is 72.2 Å². The standard InChI is InChI=1S/C18H17ClN2O3S/c1-12-18(21-13(2)24-12)14-7-9-16(10-8-14)25(22,23)20-11-15-5-3-4-6-17(15)19/h3-10,20H,11H2,1-2H3. The maximum Gasteiger partial charge on any atom is 0.240 e. The van der Waals surface area contributed by atoms with Gasteiger partial charge in [0.25, 0.3) is 0 Å². The molecule has 2 aromatic carbocycles. The number of aryl methyl sites for hydroxylation is 2. The first kappa shape index (κ1) is 17.7. The second-order valence-corrected chi connectivity index (χ2v) is 7.75. The zero-order valence-corrected chi connectivity index (χ0v) is 15.4. The van der Waals surface area contributed by atoms with E-state index in [4.69, 9.17) is 16.0 Å². The molecular weight excluding hydrogens is 360 g/mol. The minimum absolute atomic E-state index is 0.130. The molecule has 130 valence electrons. The summed E-state index contributed by atoms with van der Waals surface area (Å²) in [4.78, 5) is 4.49. The van der Waals surface area contributed by atoms with E-state index in [2.05, 4.69) is 9.71 Å². The molecule has 0 unspecified atom stereocenters. The van der Waals surface area contributed by atoms with Crippen LogP contribution >= 0.6 is 11.6 Å². The summed E-state index contributed by atoms with van der Waals surface area (Å²) in [5.41, 5.74) is 2.24.